The number of rotatable bonds is 7. The molecule has 1 unspecified atom stereocenters. The maximum atomic E-state index is 13.0. The minimum Gasteiger partial charge on any atom is -0.353 e. The minimum atomic E-state index is -3.61. The molecule has 0 saturated carbocycles. The van der Waals surface area contributed by atoms with E-state index in [0.29, 0.717) is 4.91 Å². The second-order valence-electron chi connectivity index (χ2n) is 7.97. The van der Waals surface area contributed by atoms with E-state index in [1.54, 1.807) is 13.0 Å². The summed E-state index contributed by atoms with van der Waals surface area (Å²) < 4.78 is 26.6. The number of hydrogen-bond acceptors (Lipinski definition) is 6. The zero-order valence-corrected chi connectivity index (χ0v) is 20.3. The summed E-state index contributed by atoms with van der Waals surface area (Å²) in [6, 6.07) is 15.8. The lowest BCUT2D eigenvalue weighted by Crippen LogP contribution is -2.53. The SMILES string of the molecule is CCS(=O)(=O)N1Cc2ccccc2CC1C(=O)NCCN1C(=O)S/C(=C/c2ccccc2)C1=O. The Morgan fingerprint density at radius 3 is 2.47 bits per heavy atom. The van der Waals surface area contributed by atoms with E-state index in [0.717, 1.165) is 33.4 Å². The highest BCUT2D eigenvalue weighted by molar-refractivity contribution is 8.18. The normalized spacial score (nSPS) is 20.0. The number of amides is 3. The molecule has 2 aliphatic heterocycles. The number of fused-ring (bicyclic) bond motifs is 1. The van der Waals surface area contributed by atoms with Crippen LogP contribution in [0.1, 0.15) is 23.6 Å². The van der Waals surface area contributed by atoms with Gasteiger partial charge in [-0.2, -0.15) is 4.31 Å². The number of sulfonamides is 1. The molecule has 178 valence electrons. The zero-order valence-electron chi connectivity index (χ0n) is 18.6. The molecule has 3 amide bonds. The number of thioether (sulfide) groups is 1. The molecule has 1 atom stereocenters. The Bertz CT molecular complexity index is 1240. The molecule has 10 heteroatoms. The Morgan fingerprint density at radius 1 is 1.09 bits per heavy atom. The van der Waals surface area contributed by atoms with Gasteiger partial charge in [0.1, 0.15) is 6.04 Å². The first-order chi connectivity index (χ1) is 16.3. The molecule has 1 N–H and O–H groups in total. The summed E-state index contributed by atoms with van der Waals surface area (Å²) in [5.74, 6) is -0.961. The minimum absolute atomic E-state index is 0.00632. The third-order valence-corrected chi connectivity index (χ3v) is 8.57. The molecule has 4 rings (SSSR count). The van der Waals surface area contributed by atoms with Gasteiger partial charge >= 0.3 is 0 Å². The van der Waals surface area contributed by atoms with Crippen molar-refractivity contribution in [2.45, 2.75) is 25.9 Å². The maximum Gasteiger partial charge on any atom is 0.293 e. The standard InChI is InChI=1S/C24H25N3O5S2/c1-2-34(31,32)27-16-19-11-7-6-10-18(19)15-20(27)22(28)25-12-13-26-23(29)21(33-24(26)30)14-17-8-4-3-5-9-17/h3-11,14,20H,2,12-13,15-16H2,1H3,(H,25,28)/b21-14+. The van der Waals surface area contributed by atoms with Crippen LogP contribution < -0.4 is 5.32 Å². The smallest absolute Gasteiger partial charge is 0.293 e. The quantitative estimate of drug-likeness (QED) is 0.588. The highest BCUT2D eigenvalue weighted by Crippen LogP contribution is 2.32. The molecular weight excluding hydrogens is 474 g/mol. The van der Waals surface area contributed by atoms with E-state index in [9.17, 15) is 22.8 Å². The summed E-state index contributed by atoms with van der Waals surface area (Å²) in [7, 11) is -3.61. The van der Waals surface area contributed by atoms with Crippen molar-refractivity contribution in [3.8, 4) is 0 Å². The van der Waals surface area contributed by atoms with Crippen LogP contribution in [0.2, 0.25) is 0 Å². The Balaban J connectivity index is 1.41. The Morgan fingerprint density at radius 2 is 1.76 bits per heavy atom. The van der Waals surface area contributed by atoms with Crippen molar-refractivity contribution in [2.24, 2.45) is 0 Å². The zero-order chi connectivity index (χ0) is 24.3. The lowest BCUT2D eigenvalue weighted by Gasteiger charge is -2.34. The predicted molar refractivity (Wildman–Crippen MR) is 131 cm³/mol. The van der Waals surface area contributed by atoms with Crippen LogP contribution in [0, 0.1) is 0 Å². The highest BCUT2D eigenvalue weighted by Gasteiger charge is 2.38. The van der Waals surface area contributed by atoms with E-state index in [-0.39, 0.29) is 31.8 Å². The highest BCUT2D eigenvalue weighted by atomic mass is 32.2. The van der Waals surface area contributed by atoms with Crippen molar-refractivity contribution in [1.29, 1.82) is 0 Å². The fraction of sp³-hybridized carbons (Fsp3) is 0.292. The van der Waals surface area contributed by atoms with E-state index >= 15 is 0 Å². The third kappa shape index (κ3) is 5.08. The largest absolute Gasteiger partial charge is 0.353 e. The molecule has 1 saturated heterocycles. The first-order valence-electron chi connectivity index (χ1n) is 10.9. The summed E-state index contributed by atoms with van der Waals surface area (Å²) in [6.07, 6.45) is 1.93. The van der Waals surface area contributed by atoms with Gasteiger partial charge in [0.2, 0.25) is 15.9 Å². The molecule has 0 spiro atoms. The first kappa shape index (κ1) is 24.2. The van der Waals surface area contributed by atoms with Gasteiger partial charge in [0, 0.05) is 19.6 Å². The monoisotopic (exact) mass is 499 g/mol. The van der Waals surface area contributed by atoms with Gasteiger partial charge in [-0.15, -0.1) is 0 Å². The predicted octanol–water partition coefficient (Wildman–Crippen LogP) is 2.62. The molecule has 2 aromatic rings. The number of carbonyl (C=O) groups excluding carboxylic acids is 3. The molecule has 0 bridgehead atoms. The van der Waals surface area contributed by atoms with E-state index in [1.165, 1.54) is 4.31 Å². The second kappa shape index (κ2) is 10.1. The van der Waals surface area contributed by atoms with Crippen molar-refractivity contribution < 1.29 is 22.8 Å². The van der Waals surface area contributed by atoms with Gasteiger partial charge in [0.05, 0.1) is 10.7 Å². The van der Waals surface area contributed by atoms with Crippen LogP contribution in [0.25, 0.3) is 6.08 Å². The van der Waals surface area contributed by atoms with Crippen LogP contribution in [0.3, 0.4) is 0 Å². The lowest BCUT2D eigenvalue weighted by molar-refractivity contribution is -0.126. The van der Waals surface area contributed by atoms with Crippen molar-refractivity contribution in [1.82, 2.24) is 14.5 Å². The molecule has 0 aliphatic carbocycles. The average molecular weight is 500 g/mol. The molecular formula is C24H25N3O5S2. The topological polar surface area (TPSA) is 104 Å². The van der Waals surface area contributed by atoms with Crippen LogP contribution in [0.4, 0.5) is 4.79 Å². The maximum absolute atomic E-state index is 13.0. The molecule has 2 aliphatic rings. The summed E-state index contributed by atoms with van der Waals surface area (Å²) in [5.41, 5.74) is 2.63. The van der Waals surface area contributed by atoms with E-state index < -0.39 is 33.1 Å². The molecule has 0 aromatic heterocycles. The molecule has 8 nitrogen and oxygen atoms in total. The molecule has 34 heavy (non-hydrogen) atoms. The van der Waals surface area contributed by atoms with Crippen molar-refractivity contribution in [3.05, 3.63) is 76.2 Å². The molecule has 1 fully saturated rings. The number of imide groups is 1. The van der Waals surface area contributed by atoms with E-state index in [4.69, 9.17) is 0 Å². The van der Waals surface area contributed by atoms with Gasteiger partial charge in [-0.05, 0) is 47.9 Å². The molecule has 2 aromatic carbocycles. The summed E-state index contributed by atoms with van der Waals surface area (Å²) >= 11 is 0.861. The Kier molecular flexibility index (Phi) is 7.20. The summed E-state index contributed by atoms with van der Waals surface area (Å²) in [5, 5.41) is 2.32. The lowest BCUT2D eigenvalue weighted by atomic mass is 9.95. The first-order valence-corrected chi connectivity index (χ1v) is 13.4. The van der Waals surface area contributed by atoms with Gasteiger partial charge in [0.25, 0.3) is 11.1 Å². The number of benzene rings is 2. The number of nitrogens with one attached hydrogen (secondary N) is 1. The van der Waals surface area contributed by atoms with Gasteiger partial charge in [0.15, 0.2) is 0 Å². The molecule has 2 heterocycles. The second-order valence-corrected chi connectivity index (χ2v) is 11.2. The van der Waals surface area contributed by atoms with Crippen LogP contribution in [0.15, 0.2) is 59.5 Å². The Labute approximate surface area is 203 Å². The van der Waals surface area contributed by atoms with Gasteiger partial charge in [-0.25, -0.2) is 8.42 Å². The van der Waals surface area contributed by atoms with E-state index in [1.807, 2.05) is 54.6 Å². The van der Waals surface area contributed by atoms with Crippen LogP contribution in [-0.4, -0.2) is 59.6 Å². The third-order valence-electron chi connectivity index (χ3n) is 5.84. The van der Waals surface area contributed by atoms with Crippen molar-refractivity contribution in [3.63, 3.8) is 0 Å². The van der Waals surface area contributed by atoms with Gasteiger partial charge < -0.3 is 5.32 Å². The summed E-state index contributed by atoms with van der Waals surface area (Å²) in [4.78, 5) is 39.4. The Hall–Kier alpha value is -2.95. The van der Waals surface area contributed by atoms with Crippen LogP contribution in [0.5, 0.6) is 0 Å². The van der Waals surface area contributed by atoms with Gasteiger partial charge in [-0.3, -0.25) is 19.3 Å². The number of hydrogen-bond donors (Lipinski definition) is 1. The number of nitrogens with zero attached hydrogens (tertiary/aromatic N) is 2. The number of carbonyl (C=O) groups is 3. The van der Waals surface area contributed by atoms with Gasteiger partial charge in [-0.1, -0.05) is 54.6 Å². The molecule has 0 radical (unpaired) electrons. The average Bonchev–Trinajstić information content (AvgIpc) is 3.11. The fourth-order valence-corrected chi connectivity index (χ4v) is 6.07. The van der Waals surface area contributed by atoms with E-state index in [2.05, 4.69) is 5.32 Å². The van der Waals surface area contributed by atoms with Crippen molar-refractivity contribution >= 4 is 44.9 Å². The summed E-state index contributed by atoms with van der Waals surface area (Å²) in [6.45, 7) is 1.73. The van der Waals surface area contributed by atoms with Crippen molar-refractivity contribution in [2.75, 3.05) is 18.8 Å². The van der Waals surface area contributed by atoms with Crippen LogP contribution >= 0.6 is 11.8 Å². The fourth-order valence-electron chi connectivity index (χ4n) is 3.98. The van der Waals surface area contributed by atoms with Crippen LogP contribution in [-0.2, 0) is 32.6 Å².